The summed E-state index contributed by atoms with van der Waals surface area (Å²) in [5.74, 6) is 0. The van der Waals surface area contributed by atoms with Crippen molar-refractivity contribution < 1.29 is 19.1 Å². The predicted molar refractivity (Wildman–Crippen MR) is 117 cm³/mol. The van der Waals surface area contributed by atoms with Gasteiger partial charge >= 0.3 is 6.09 Å². The van der Waals surface area contributed by atoms with Gasteiger partial charge in [0, 0.05) is 35.5 Å². The minimum Gasteiger partial charge on any atom is -0.447 e. The van der Waals surface area contributed by atoms with E-state index in [0.29, 0.717) is 48.3 Å². The number of nitrogens with one attached hydrogen (secondary N) is 1. The first-order chi connectivity index (χ1) is 14.4. The highest BCUT2D eigenvalue weighted by atomic mass is 35.5. The molecule has 1 saturated heterocycles. The van der Waals surface area contributed by atoms with Crippen molar-refractivity contribution in [2.45, 2.75) is 31.8 Å². The van der Waals surface area contributed by atoms with Gasteiger partial charge in [0.05, 0.1) is 5.54 Å². The summed E-state index contributed by atoms with van der Waals surface area (Å²) in [6.45, 7) is 3.20. The Morgan fingerprint density at radius 3 is 2.60 bits per heavy atom. The first-order valence-electron chi connectivity index (χ1n) is 9.67. The van der Waals surface area contributed by atoms with Crippen LogP contribution in [0.4, 0.5) is 10.5 Å². The standard InChI is InChI=1S/C22H24Cl2N2O4/c1-16-6-7-18(12-20(16)24)25-21(28)30-14-22(8-10-29-11-9-22)26(15-27)13-17-4-2-3-5-19(17)23/h2-7,12,15H,8-11,13-14H2,1H3,(H,25,28). The van der Waals surface area contributed by atoms with E-state index in [2.05, 4.69) is 5.32 Å². The summed E-state index contributed by atoms with van der Waals surface area (Å²) in [6, 6.07) is 12.6. The Kier molecular flexibility index (Phi) is 7.58. The second-order valence-corrected chi connectivity index (χ2v) is 8.14. The fraction of sp³-hybridized carbons (Fsp3) is 0.364. The largest absolute Gasteiger partial charge is 0.447 e. The van der Waals surface area contributed by atoms with E-state index in [0.717, 1.165) is 17.5 Å². The lowest BCUT2D eigenvalue weighted by atomic mass is 9.88. The van der Waals surface area contributed by atoms with Gasteiger partial charge in [0.25, 0.3) is 0 Å². The maximum Gasteiger partial charge on any atom is 0.411 e. The molecular weight excluding hydrogens is 427 g/mol. The number of carbonyl (C=O) groups is 2. The molecule has 2 amide bonds. The van der Waals surface area contributed by atoms with Gasteiger partial charge < -0.3 is 14.4 Å². The highest BCUT2D eigenvalue weighted by Gasteiger charge is 2.40. The Balaban J connectivity index is 1.70. The zero-order valence-electron chi connectivity index (χ0n) is 16.7. The normalized spacial score (nSPS) is 15.3. The second-order valence-electron chi connectivity index (χ2n) is 7.33. The van der Waals surface area contributed by atoms with Crippen LogP contribution >= 0.6 is 23.2 Å². The minimum absolute atomic E-state index is 0.0466. The maximum atomic E-state index is 12.4. The number of carbonyl (C=O) groups excluding carboxylic acids is 2. The molecular formula is C22H24Cl2N2O4. The number of halogens is 2. The van der Waals surface area contributed by atoms with Gasteiger partial charge in [-0.25, -0.2) is 4.79 Å². The molecule has 0 unspecified atom stereocenters. The van der Waals surface area contributed by atoms with Crippen LogP contribution in [0.3, 0.4) is 0 Å². The zero-order chi connectivity index (χ0) is 21.6. The molecule has 1 heterocycles. The summed E-state index contributed by atoms with van der Waals surface area (Å²) in [7, 11) is 0. The van der Waals surface area contributed by atoms with Crippen molar-refractivity contribution in [1.29, 1.82) is 0 Å². The first kappa shape index (κ1) is 22.4. The highest BCUT2D eigenvalue weighted by molar-refractivity contribution is 6.31. The number of anilines is 1. The van der Waals surface area contributed by atoms with Gasteiger partial charge in [0.1, 0.15) is 6.61 Å². The van der Waals surface area contributed by atoms with E-state index in [1.165, 1.54) is 0 Å². The number of amides is 2. The number of hydrogen-bond acceptors (Lipinski definition) is 4. The van der Waals surface area contributed by atoms with Crippen LogP contribution in [0.2, 0.25) is 10.0 Å². The summed E-state index contributed by atoms with van der Waals surface area (Å²) < 4.78 is 11.0. The lowest BCUT2D eigenvalue weighted by molar-refractivity contribution is -0.132. The second kappa shape index (κ2) is 10.2. The average Bonchev–Trinajstić information content (AvgIpc) is 2.75. The Hall–Kier alpha value is -2.28. The SMILES string of the molecule is Cc1ccc(NC(=O)OCC2(N(C=O)Cc3ccccc3Cl)CCOCC2)cc1Cl. The van der Waals surface area contributed by atoms with E-state index in [-0.39, 0.29) is 6.61 Å². The van der Waals surface area contributed by atoms with E-state index < -0.39 is 11.6 Å². The summed E-state index contributed by atoms with van der Waals surface area (Å²) in [5, 5.41) is 3.82. The third-order valence-electron chi connectivity index (χ3n) is 5.35. The summed E-state index contributed by atoms with van der Waals surface area (Å²) >= 11 is 12.4. The smallest absolute Gasteiger partial charge is 0.411 e. The van der Waals surface area contributed by atoms with Gasteiger partial charge in [-0.3, -0.25) is 10.1 Å². The first-order valence-corrected chi connectivity index (χ1v) is 10.4. The lowest BCUT2D eigenvalue weighted by Crippen LogP contribution is -2.55. The number of hydrogen-bond donors (Lipinski definition) is 1. The van der Waals surface area contributed by atoms with E-state index in [4.69, 9.17) is 32.7 Å². The topological polar surface area (TPSA) is 67.9 Å². The van der Waals surface area contributed by atoms with Crippen molar-refractivity contribution in [3.63, 3.8) is 0 Å². The van der Waals surface area contributed by atoms with Crippen LogP contribution in [0.25, 0.3) is 0 Å². The Morgan fingerprint density at radius 1 is 1.20 bits per heavy atom. The summed E-state index contributed by atoms with van der Waals surface area (Å²) in [5.41, 5.74) is 1.62. The molecule has 1 fully saturated rings. The van der Waals surface area contributed by atoms with Crippen LogP contribution in [0.15, 0.2) is 42.5 Å². The predicted octanol–water partition coefficient (Wildman–Crippen LogP) is 5.06. The van der Waals surface area contributed by atoms with Crippen molar-refractivity contribution in [2.24, 2.45) is 0 Å². The van der Waals surface area contributed by atoms with E-state index >= 15 is 0 Å². The molecule has 8 heteroatoms. The fourth-order valence-corrected chi connectivity index (χ4v) is 3.79. The average molecular weight is 451 g/mol. The van der Waals surface area contributed by atoms with Gasteiger partial charge in [-0.15, -0.1) is 0 Å². The van der Waals surface area contributed by atoms with Crippen molar-refractivity contribution >= 4 is 41.4 Å². The molecule has 6 nitrogen and oxygen atoms in total. The van der Waals surface area contributed by atoms with Crippen molar-refractivity contribution in [2.75, 3.05) is 25.1 Å². The van der Waals surface area contributed by atoms with Crippen LogP contribution in [0.1, 0.15) is 24.0 Å². The molecule has 160 valence electrons. The van der Waals surface area contributed by atoms with Gasteiger partial charge in [-0.2, -0.15) is 0 Å². The molecule has 0 radical (unpaired) electrons. The summed E-state index contributed by atoms with van der Waals surface area (Å²) in [4.78, 5) is 26.0. The number of benzene rings is 2. The quantitative estimate of drug-likeness (QED) is 0.598. The van der Waals surface area contributed by atoms with Gasteiger partial charge in [-0.1, -0.05) is 47.5 Å². The maximum absolute atomic E-state index is 12.4. The van der Waals surface area contributed by atoms with E-state index in [1.54, 1.807) is 23.1 Å². The fourth-order valence-electron chi connectivity index (χ4n) is 3.42. The molecule has 2 aromatic rings. The molecule has 30 heavy (non-hydrogen) atoms. The molecule has 0 saturated carbocycles. The molecule has 1 aliphatic heterocycles. The lowest BCUT2D eigenvalue weighted by Gasteiger charge is -2.44. The van der Waals surface area contributed by atoms with Gasteiger partial charge in [0.15, 0.2) is 0 Å². The molecule has 0 aromatic heterocycles. The van der Waals surface area contributed by atoms with Crippen molar-refractivity contribution in [1.82, 2.24) is 4.90 Å². The Bertz CT molecular complexity index is 900. The highest BCUT2D eigenvalue weighted by Crippen LogP contribution is 2.30. The Labute approximate surface area is 186 Å². The minimum atomic E-state index is -0.665. The van der Waals surface area contributed by atoms with Crippen LogP contribution in [0, 0.1) is 6.92 Å². The third-order valence-corrected chi connectivity index (χ3v) is 6.12. The molecule has 0 bridgehead atoms. The van der Waals surface area contributed by atoms with Gasteiger partial charge in [0.2, 0.25) is 6.41 Å². The van der Waals surface area contributed by atoms with Crippen LogP contribution in [-0.2, 0) is 20.8 Å². The van der Waals surface area contributed by atoms with E-state index in [1.807, 2.05) is 31.2 Å². The molecule has 1 N–H and O–H groups in total. The number of nitrogens with zero attached hydrogens (tertiary/aromatic N) is 1. The molecule has 2 aromatic carbocycles. The van der Waals surface area contributed by atoms with Crippen LogP contribution in [0.5, 0.6) is 0 Å². The van der Waals surface area contributed by atoms with Crippen LogP contribution in [-0.4, -0.2) is 42.8 Å². The van der Waals surface area contributed by atoms with Crippen molar-refractivity contribution in [3.8, 4) is 0 Å². The Morgan fingerprint density at radius 2 is 1.93 bits per heavy atom. The molecule has 0 spiro atoms. The van der Waals surface area contributed by atoms with E-state index in [9.17, 15) is 9.59 Å². The molecule has 0 atom stereocenters. The number of aryl methyl sites for hydroxylation is 1. The third kappa shape index (κ3) is 5.45. The van der Waals surface area contributed by atoms with Gasteiger partial charge in [-0.05, 0) is 49.1 Å². The monoisotopic (exact) mass is 450 g/mol. The zero-order valence-corrected chi connectivity index (χ0v) is 18.2. The molecule has 1 aliphatic rings. The van der Waals surface area contributed by atoms with Crippen molar-refractivity contribution in [3.05, 3.63) is 63.6 Å². The number of ether oxygens (including phenoxy) is 2. The molecule has 0 aliphatic carbocycles. The summed E-state index contributed by atoms with van der Waals surface area (Å²) in [6.07, 6.45) is 1.29. The molecule has 3 rings (SSSR count). The van der Waals surface area contributed by atoms with Crippen LogP contribution < -0.4 is 5.32 Å². The number of rotatable bonds is 7.